The molecule has 0 saturated carbocycles. The summed E-state index contributed by atoms with van der Waals surface area (Å²) in [7, 11) is 0. The SMILES string of the molecule is CC(C)(C#N)c1ccc(NCC#Cc2cc3cc(CCC4CCN(C(=O)CN5CCC6(CCOC6)CC5)CC4)ccc3n2CC(F)(F)F)cn1. The number of hydrogen-bond acceptors (Lipinski definition) is 6. The monoisotopic (exact) mass is 688 g/mol. The molecule has 0 unspecified atom stereocenters. The fourth-order valence-corrected chi connectivity index (χ4v) is 7.50. The summed E-state index contributed by atoms with van der Waals surface area (Å²) in [4.78, 5) is 21.8. The number of nitrogens with zero attached hydrogens (tertiary/aromatic N) is 5. The summed E-state index contributed by atoms with van der Waals surface area (Å²) in [6.45, 7) is 8.45. The van der Waals surface area contributed by atoms with Crippen molar-refractivity contribution in [1.29, 1.82) is 5.26 Å². The lowest BCUT2D eigenvalue weighted by Crippen LogP contribution is -2.47. The molecule has 1 amide bonds. The van der Waals surface area contributed by atoms with Crippen molar-refractivity contribution in [3.05, 3.63) is 59.5 Å². The van der Waals surface area contributed by atoms with E-state index >= 15 is 0 Å². The van der Waals surface area contributed by atoms with Crippen molar-refractivity contribution >= 4 is 22.5 Å². The molecule has 1 N–H and O–H groups in total. The number of carbonyl (C=O) groups excluding carboxylic acids is 1. The Morgan fingerprint density at radius 1 is 1.08 bits per heavy atom. The first-order valence-electron chi connectivity index (χ1n) is 17.8. The zero-order chi connectivity index (χ0) is 35.4. The number of hydrogen-bond donors (Lipinski definition) is 1. The van der Waals surface area contributed by atoms with Crippen LogP contribution in [0.1, 0.15) is 69.3 Å². The minimum atomic E-state index is -4.39. The number of carbonyl (C=O) groups is 1. The quantitative estimate of drug-likeness (QED) is 0.257. The molecule has 3 saturated heterocycles. The number of nitrogens with one attached hydrogen (secondary N) is 1. The first kappa shape index (κ1) is 35.8. The Morgan fingerprint density at radius 2 is 1.86 bits per heavy atom. The van der Waals surface area contributed by atoms with Crippen LogP contribution in [0.25, 0.3) is 10.9 Å². The molecule has 0 radical (unpaired) electrons. The van der Waals surface area contributed by atoms with Gasteiger partial charge in [0.2, 0.25) is 5.91 Å². The molecule has 6 rings (SSSR count). The van der Waals surface area contributed by atoms with Crippen LogP contribution in [0.2, 0.25) is 0 Å². The van der Waals surface area contributed by atoms with E-state index < -0.39 is 18.1 Å². The van der Waals surface area contributed by atoms with Gasteiger partial charge in [0.05, 0.1) is 54.5 Å². The van der Waals surface area contributed by atoms with E-state index in [1.54, 1.807) is 38.2 Å². The second-order valence-corrected chi connectivity index (χ2v) is 14.9. The highest BCUT2D eigenvalue weighted by molar-refractivity contribution is 5.83. The van der Waals surface area contributed by atoms with Gasteiger partial charge in [0, 0.05) is 30.6 Å². The number of aryl methyl sites for hydroxylation is 1. The Morgan fingerprint density at radius 3 is 2.52 bits per heavy atom. The lowest BCUT2D eigenvalue weighted by Gasteiger charge is -2.39. The van der Waals surface area contributed by atoms with Crippen LogP contribution in [-0.4, -0.2) is 83.9 Å². The molecule has 11 heteroatoms. The number of ether oxygens (including phenoxy) is 1. The number of alkyl halides is 3. The number of piperidine rings is 2. The molecule has 0 aliphatic carbocycles. The summed E-state index contributed by atoms with van der Waals surface area (Å²) < 4.78 is 47.7. The lowest BCUT2D eigenvalue weighted by molar-refractivity contribution is -0.140. The van der Waals surface area contributed by atoms with Gasteiger partial charge in [-0.25, -0.2) is 0 Å². The molecule has 1 spiro atoms. The average molecular weight is 689 g/mol. The molecule has 3 fully saturated rings. The molecule has 1 aromatic carbocycles. The number of benzene rings is 1. The first-order chi connectivity index (χ1) is 23.9. The van der Waals surface area contributed by atoms with Crippen molar-refractivity contribution in [2.75, 3.05) is 57.8 Å². The maximum absolute atomic E-state index is 13.6. The highest BCUT2D eigenvalue weighted by Gasteiger charge is 2.38. The van der Waals surface area contributed by atoms with Crippen LogP contribution in [0.15, 0.2) is 42.6 Å². The number of rotatable bonds is 9. The summed E-state index contributed by atoms with van der Waals surface area (Å²) in [5, 5.41) is 13.2. The fourth-order valence-electron chi connectivity index (χ4n) is 7.50. The highest BCUT2D eigenvalue weighted by Crippen LogP contribution is 2.39. The van der Waals surface area contributed by atoms with Crippen LogP contribution in [0.3, 0.4) is 0 Å². The number of anilines is 1. The molecule has 5 heterocycles. The molecular weight excluding hydrogens is 641 g/mol. The Balaban J connectivity index is 1.01. The molecule has 8 nitrogen and oxygen atoms in total. The van der Waals surface area contributed by atoms with E-state index in [1.807, 2.05) is 23.1 Å². The van der Waals surface area contributed by atoms with Crippen LogP contribution < -0.4 is 5.32 Å². The Bertz CT molecular complexity index is 1740. The Labute approximate surface area is 293 Å². The molecule has 2 aromatic heterocycles. The topological polar surface area (TPSA) is 86.4 Å². The number of fused-ring (bicyclic) bond motifs is 1. The number of halogens is 3. The predicted molar refractivity (Wildman–Crippen MR) is 187 cm³/mol. The molecule has 0 bridgehead atoms. The largest absolute Gasteiger partial charge is 0.406 e. The van der Waals surface area contributed by atoms with Crippen molar-refractivity contribution in [3.8, 4) is 17.9 Å². The van der Waals surface area contributed by atoms with Gasteiger partial charge in [0.25, 0.3) is 0 Å². The third-order valence-corrected chi connectivity index (χ3v) is 10.9. The van der Waals surface area contributed by atoms with E-state index in [4.69, 9.17) is 4.74 Å². The van der Waals surface area contributed by atoms with Crippen molar-refractivity contribution in [1.82, 2.24) is 19.4 Å². The molecule has 3 aromatic rings. The third-order valence-electron chi connectivity index (χ3n) is 10.9. The van der Waals surface area contributed by atoms with E-state index in [9.17, 15) is 23.2 Å². The van der Waals surface area contributed by atoms with Crippen LogP contribution in [-0.2, 0) is 27.9 Å². The fraction of sp³-hybridized carbons (Fsp3) is 0.564. The number of amides is 1. The van der Waals surface area contributed by atoms with E-state index in [1.165, 1.54) is 4.57 Å². The normalized spacial score (nSPS) is 18.6. The van der Waals surface area contributed by atoms with Crippen LogP contribution >= 0.6 is 0 Å². The summed E-state index contributed by atoms with van der Waals surface area (Å²) in [5.74, 6) is 6.64. The summed E-state index contributed by atoms with van der Waals surface area (Å²) in [5.41, 5.74) is 2.92. The predicted octanol–water partition coefficient (Wildman–Crippen LogP) is 6.54. The van der Waals surface area contributed by atoms with Crippen molar-refractivity contribution < 1.29 is 22.7 Å². The Hall–Kier alpha value is -4.06. The van der Waals surface area contributed by atoms with E-state index in [0.717, 1.165) is 95.3 Å². The zero-order valence-electron chi connectivity index (χ0n) is 29.1. The molecule has 0 atom stereocenters. The number of aromatic nitrogens is 2. The van der Waals surface area contributed by atoms with Crippen LogP contribution in [0.5, 0.6) is 0 Å². The van der Waals surface area contributed by atoms with E-state index in [-0.39, 0.29) is 12.5 Å². The molecule has 266 valence electrons. The molecule has 3 aliphatic heterocycles. The Kier molecular flexibility index (Phi) is 10.8. The highest BCUT2D eigenvalue weighted by atomic mass is 19.4. The van der Waals surface area contributed by atoms with Gasteiger partial charge in [-0.05, 0) is 125 Å². The van der Waals surface area contributed by atoms with Crippen molar-refractivity contribution in [3.63, 3.8) is 0 Å². The van der Waals surface area contributed by atoms with Crippen molar-refractivity contribution in [2.24, 2.45) is 11.3 Å². The standard InChI is InChI=1S/C39H47F3N6O2/c1-37(2,26-43)35-10-8-32(24-45-35)44-16-3-4-33-23-31-22-30(7-9-34(31)48(33)27-39(40,41)42)6-5-29-11-17-47(18-12-29)36(49)25-46-19-13-38(14-20-46)15-21-50-28-38/h7-10,22-24,29,44H,5-6,11-21,25,27-28H2,1-2H3. The molecule has 3 aliphatic rings. The first-order valence-corrected chi connectivity index (χ1v) is 17.8. The summed E-state index contributed by atoms with van der Waals surface area (Å²) in [6, 6.07) is 13.2. The van der Waals surface area contributed by atoms with Gasteiger partial charge in [-0.15, -0.1) is 0 Å². The minimum Gasteiger partial charge on any atom is -0.381 e. The molecule has 50 heavy (non-hydrogen) atoms. The lowest BCUT2D eigenvalue weighted by atomic mass is 9.78. The molecular formula is C39H47F3N6O2. The average Bonchev–Trinajstić information content (AvgIpc) is 3.70. The van der Waals surface area contributed by atoms with Crippen LogP contribution in [0, 0.1) is 34.5 Å². The van der Waals surface area contributed by atoms with Gasteiger partial charge < -0.3 is 19.5 Å². The second kappa shape index (κ2) is 15.0. The maximum atomic E-state index is 13.6. The van der Waals surface area contributed by atoms with Crippen LogP contribution in [0.4, 0.5) is 18.9 Å². The third kappa shape index (κ3) is 8.80. The zero-order valence-corrected chi connectivity index (χ0v) is 29.1. The van der Waals surface area contributed by atoms with E-state index in [0.29, 0.717) is 40.5 Å². The van der Waals surface area contributed by atoms with Gasteiger partial charge in [-0.3, -0.25) is 14.7 Å². The number of pyridine rings is 1. The minimum absolute atomic E-state index is 0.223. The number of likely N-dealkylation sites (tertiary alicyclic amines) is 2. The van der Waals surface area contributed by atoms with Gasteiger partial charge in [-0.1, -0.05) is 12.0 Å². The van der Waals surface area contributed by atoms with Gasteiger partial charge in [0.1, 0.15) is 6.54 Å². The van der Waals surface area contributed by atoms with E-state index in [2.05, 4.69) is 33.1 Å². The smallest absolute Gasteiger partial charge is 0.381 e. The van der Waals surface area contributed by atoms with Crippen molar-refractivity contribution in [2.45, 2.75) is 76.9 Å². The maximum Gasteiger partial charge on any atom is 0.406 e. The summed E-state index contributed by atoms with van der Waals surface area (Å²) >= 11 is 0. The second-order valence-electron chi connectivity index (χ2n) is 14.9. The van der Waals surface area contributed by atoms with Gasteiger partial charge in [-0.2, -0.15) is 18.4 Å². The van der Waals surface area contributed by atoms with Gasteiger partial charge >= 0.3 is 6.18 Å². The number of nitriles is 1. The summed E-state index contributed by atoms with van der Waals surface area (Å²) in [6.07, 6.45) is 4.38. The van der Waals surface area contributed by atoms with Gasteiger partial charge in [0.15, 0.2) is 0 Å².